The van der Waals surface area contributed by atoms with Crippen molar-refractivity contribution >= 4 is 16.6 Å². The van der Waals surface area contributed by atoms with Crippen molar-refractivity contribution in [3.8, 4) is 11.5 Å². The highest BCUT2D eigenvalue weighted by molar-refractivity contribution is 5.90. The second-order valence-electron chi connectivity index (χ2n) is 4.35. The van der Waals surface area contributed by atoms with E-state index in [1.54, 1.807) is 12.1 Å². The van der Waals surface area contributed by atoms with E-state index in [0.29, 0.717) is 17.7 Å². The van der Waals surface area contributed by atoms with E-state index in [2.05, 4.69) is 0 Å². The van der Waals surface area contributed by atoms with Gasteiger partial charge >= 0.3 is 11.2 Å². The van der Waals surface area contributed by atoms with E-state index in [1.807, 2.05) is 6.92 Å². The quantitative estimate of drug-likeness (QED) is 0.681. The lowest BCUT2D eigenvalue weighted by atomic mass is 10.1. The van der Waals surface area contributed by atoms with E-state index in [9.17, 15) is 20.0 Å². The third kappa shape index (κ3) is 1.87. The Morgan fingerprint density at radius 3 is 2.60 bits per heavy atom. The highest BCUT2D eigenvalue weighted by Gasteiger charge is 2.25. The molecule has 0 saturated carbocycles. The standard InChI is InChI=1S/C13H14N2O5/c1-4-7-5-8-9(6-10(7)20-3)14(2)13(17)11(12(8)16)15(18)19/h5-6,16H,4H2,1-3H3. The maximum Gasteiger partial charge on any atom is 0.375 e. The number of hydrogen-bond acceptors (Lipinski definition) is 5. The van der Waals surface area contributed by atoms with Gasteiger partial charge in [0.2, 0.25) is 5.75 Å². The number of hydrogen-bond donors (Lipinski definition) is 1. The van der Waals surface area contributed by atoms with Crippen molar-refractivity contribution in [2.45, 2.75) is 13.3 Å². The van der Waals surface area contributed by atoms with E-state index in [0.717, 1.165) is 10.1 Å². The summed E-state index contributed by atoms with van der Waals surface area (Å²) in [4.78, 5) is 22.0. The van der Waals surface area contributed by atoms with E-state index in [4.69, 9.17) is 4.74 Å². The minimum absolute atomic E-state index is 0.261. The molecule has 0 radical (unpaired) electrons. The molecule has 1 N–H and O–H groups in total. The van der Waals surface area contributed by atoms with Gasteiger partial charge in [-0.3, -0.25) is 14.9 Å². The first-order valence-corrected chi connectivity index (χ1v) is 5.99. The van der Waals surface area contributed by atoms with Crippen LogP contribution in [0.5, 0.6) is 11.5 Å². The van der Waals surface area contributed by atoms with Gasteiger partial charge in [0.05, 0.1) is 17.5 Å². The first-order chi connectivity index (χ1) is 9.42. The number of aromatic nitrogens is 1. The van der Waals surface area contributed by atoms with Crippen LogP contribution in [0.4, 0.5) is 5.69 Å². The molecule has 0 aliphatic carbocycles. The molecular weight excluding hydrogens is 264 g/mol. The Kier molecular flexibility index (Phi) is 3.35. The van der Waals surface area contributed by atoms with Crippen molar-refractivity contribution in [2.75, 3.05) is 7.11 Å². The van der Waals surface area contributed by atoms with Crippen molar-refractivity contribution in [1.82, 2.24) is 4.57 Å². The molecule has 2 rings (SSSR count). The predicted molar refractivity (Wildman–Crippen MR) is 73.4 cm³/mol. The first-order valence-electron chi connectivity index (χ1n) is 5.99. The first kappa shape index (κ1) is 13.9. The summed E-state index contributed by atoms with van der Waals surface area (Å²) in [6.07, 6.45) is 0.634. The molecule has 0 atom stereocenters. The van der Waals surface area contributed by atoms with Gasteiger partial charge in [-0.15, -0.1) is 0 Å². The molecule has 1 aromatic carbocycles. The van der Waals surface area contributed by atoms with Crippen LogP contribution in [0.3, 0.4) is 0 Å². The van der Waals surface area contributed by atoms with Crippen LogP contribution in [0.15, 0.2) is 16.9 Å². The van der Waals surface area contributed by atoms with Crippen LogP contribution in [0.2, 0.25) is 0 Å². The van der Waals surface area contributed by atoms with Crippen molar-refractivity contribution in [3.63, 3.8) is 0 Å². The number of rotatable bonds is 3. The van der Waals surface area contributed by atoms with Gasteiger partial charge in [0.1, 0.15) is 5.75 Å². The summed E-state index contributed by atoms with van der Waals surface area (Å²) in [7, 11) is 2.92. The lowest BCUT2D eigenvalue weighted by Gasteiger charge is -2.12. The smallest absolute Gasteiger partial charge is 0.375 e. The average molecular weight is 278 g/mol. The van der Waals surface area contributed by atoms with Crippen molar-refractivity contribution in [3.05, 3.63) is 38.2 Å². The van der Waals surface area contributed by atoms with Crippen molar-refractivity contribution in [1.29, 1.82) is 0 Å². The number of ether oxygens (including phenoxy) is 1. The Morgan fingerprint density at radius 2 is 2.10 bits per heavy atom. The zero-order valence-electron chi connectivity index (χ0n) is 11.3. The van der Waals surface area contributed by atoms with Gasteiger partial charge in [0.15, 0.2) is 0 Å². The highest BCUT2D eigenvalue weighted by Crippen LogP contribution is 2.34. The molecule has 0 spiro atoms. The fourth-order valence-electron chi connectivity index (χ4n) is 2.21. The van der Waals surface area contributed by atoms with E-state index in [1.165, 1.54) is 14.2 Å². The summed E-state index contributed by atoms with van der Waals surface area (Å²) in [5.41, 5.74) is -0.492. The summed E-state index contributed by atoms with van der Waals surface area (Å²) >= 11 is 0. The molecule has 1 aromatic heterocycles. The maximum atomic E-state index is 11.9. The molecule has 2 aromatic rings. The Labute approximate surface area is 114 Å². The normalized spacial score (nSPS) is 10.8. The molecule has 7 nitrogen and oxygen atoms in total. The number of aryl methyl sites for hydroxylation is 2. The molecule has 20 heavy (non-hydrogen) atoms. The maximum absolute atomic E-state index is 11.9. The Balaban J connectivity index is 3.00. The Hall–Kier alpha value is -2.57. The van der Waals surface area contributed by atoms with Crippen LogP contribution in [0.1, 0.15) is 12.5 Å². The number of methoxy groups -OCH3 is 1. The lowest BCUT2D eigenvalue weighted by molar-refractivity contribution is -0.387. The molecule has 0 bridgehead atoms. The van der Waals surface area contributed by atoms with Gasteiger partial charge in [-0.1, -0.05) is 6.92 Å². The summed E-state index contributed by atoms with van der Waals surface area (Å²) in [6.45, 7) is 1.90. The molecule has 0 saturated heterocycles. The average Bonchev–Trinajstić information content (AvgIpc) is 2.43. The number of benzene rings is 1. The molecule has 0 amide bonds. The number of nitrogens with zero attached hydrogens (tertiary/aromatic N) is 2. The summed E-state index contributed by atoms with van der Waals surface area (Å²) in [6, 6.07) is 3.20. The molecule has 106 valence electrons. The van der Waals surface area contributed by atoms with Crippen molar-refractivity contribution < 1.29 is 14.8 Å². The third-order valence-corrected chi connectivity index (χ3v) is 3.31. The molecule has 7 heteroatoms. The van der Waals surface area contributed by atoms with Crippen LogP contribution in [-0.4, -0.2) is 21.7 Å². The van der Waals surface area contributed by atoms with E-state index >= 15 is 0 Å². The second kappa shape index (κ2) is 4.84. The number of fused-ring (bicyclic) bond motifs is 1. The Bertz CT molecular complexity index is 764. The minimum atomic E-state index is -0.868. The molecule has 1 heterocycles. The van der Waals surface area contributed by atoms with Gasteiger partial charge < -0.3 is 14.4 Å². The van der Waals surface area contributed by atoms with E-state index < -0.39 is 21.9 Å². The Morgan fingerprint density at radius 1 is 1.45 bits per heavy atom. The largest absolute Gasteiger partial charge is 0.501 e. The number of nitro groups is 1. The molecular formula is C13H14N2O5. The van der Waals surface area contributed by atoms with E-state index in [-0.39, 0.29) is 5.39 Å². The van der Waals surface area contributed by atoms with Crippen LogP contribution in [0.25, 0.3) is 10.9 Å². The van der Waals surface area contributed by atoms with Gasteiger partial charge in [-0.2, -0.15) is 0 Å². The number of aromatic hydroxyl groups is 1. The zero-order chi connectivity index (χ0) is 15.0. The fourth-order valence-corrected chi connectivity index (χ4v) is 2.21. The SMILES string of the molecule is CCc1cc2c(O)c([N+](=O)[O-])c(=O)n(C)c2cc1OC. The monoisotopic (exact) mass is 278 g/mol. The van der Waals surface area contributed by atoms with Gasteiger partial charge in [-0.05, 0) is 18.1 Å². The predicted octanol–water partition coefficient (Wildman–Crippen LogP) is 1.72. The topological polar surface area (TPSA) is 94.6 Å². The highest BCUT2D eigenvalue weighted by atomic mass is 16.6. The minimum Gasteiger partial charge on any atom is -0.501 e. The van der Waals surface area contributed by atoms with Gasteiger partial charge in [-0.25, -0.2) is 0 Å². The molecule has 0 aliphatic heterocycles. The van der Waals surface area contributed by atoms with Crippen LogP contribution in [0, 0.1) is 10.1 Å². The molecule has 0 fully saturated rings. The van der Waals surface area contributed by atoms with Crippen molar-refractivity contribution in [2.24, 2.45) is 7.05 Å². The summed E-state index contributed by atoms with van der Waals surface area (Å²) in [5, 5.41) is 21.2. The third-order valence-electron chi connectivity index (χ3n) is 3.31. The van der Waals surface area contributed by atoms with Crippen LogP contribution >= 0.6 is 0 Å². The van der Waals surface area contributed by atoms with Crippen LogP contribution < -0.4 is 10.3 Å². The lowest BCUT2D eigenvalue weighted by Crippen LogP contribution is -2.20. The fraction of sp³-hybridized carbons (Fsp3) is 0.308. The summed E-state index contributed by atoms with van der Waals surface area (Å²) in [5.74, 6) is -0.0336. The summed E-state index contributed by atoms with van der Waals surface area (Å²) < 4.78 is 6.36. The van der Waals surface area contributed by atoms with Crippen LogP contribution in [-0.2, 0) is 13.5 Å². The second-order valence-corrected chi connectivity index (χ2v) is 4.35. The van der Waals surface area contributed by atoms with Gasteiger partial charge in [0, 0.05) is 18.5 Å². The molecule has 0 unspecified atom stereocenters. The zero-order valence-corrected chi connectivity index (χ0v) is 11.3. The molecule has 0 aliphatic rings. The van der Waals surface area contributed by atoms with Gasteiger partial charge in [0.25, 0.3) is 0 Å². The number of pyridine rings is 1.